The summed E-state index contributed by atoms with van der Waals surface area (Å²) in [7, 11) is 0. The lowest BCUT2D eigenvalue weighted by Crippen LogP contribution is -2.23. The number of aryl methyl sites for hydroxylation is 1. The van der Waals surface area contributed by atoms with Crippen LogP contribution in [0.3, 0.4) is 0 Å². The van der Waals surface area contributed by atoms with E-state index in [1.165, 1.54) is 10.9 Å². The van der Waals surface area contributed by atoms with Crippen molar-refractivity contribution in [3.05, 3.63) is 57.5 Å². The van der Waals surface area contributed by atoms with Crippen LogP contribution in [0.4, 0.5) is 0 Å². The molecule has 0 bridgehead atoms. The SMILES string of the molecule is CCC(Oc1cnn(CC)c(=O)c1Cl)c1ccccc1. The minimum atomic E-state index is -0.324. The van der Waals surface area contributed by atoms with Gasteiger partial charge in [-0.15, -0.1) is 0 Å². The number of ether oxygens (including phenoxy) is 1. The van der Waals surface area contributed by atoms with Gasteiger partial charge in [-0.25, -0.2) is 4.68 Å². The van der Waals surface area contributed by atoms with Crippen LogP contribution in [0.2, 0.25) is 5.02 Å². The summed E-state index contributed by atoms with van der Waals surface area (Å²) in [5.41, 5.74) is 0.723. The van der Waals surface area contributed by atoms with E-state index in [9.17, 15) is 4.79 Å². The highest BCUT2D eigenvalue weighted by molar-refractivity contribution is 6.31. The summed E-state index contributed by atoms with van der Waals surface area (Å²) in [6.45, 7) is 4.34. The maximum Gasteiger partial charge on any atom is 0.289 e. The molecule has 20 heavy (non-hydrogen) atoms. The van der Waals surface area contributed by atoms with Crippen molar-refractivity contribution in [2.75, 3.05) is 0 Å². The van der Waals surface area contributed by atoms with E-state index in [0.717, 1.165) is 12.0 Å². The fraction of sp³-hybridized carbons (Fsp3) is 0.333. The number of hydrogen-bond acceptors (Lipinski definition) is 3. The molecule has 1 heterocycles. The highest BCUT2D eigenvalue weighted by Gasteiger charge is 2.15. The first-order valence-electron chi connectivity index (χ1n) is 6.64. The number of benzene rings is 1. The minimum Gasteiger partial charge on any atom is -0.482 e. The molecule has 0 radical (unpaired) electrons. The second-order valence-electron chi connectivity index (χ2n) is 4.37. The lowest BCUT2D eigenvalue weighted by atomic mass is 10.1. The van der Waals surface area contributed by atoms with Crippen LogP contribution in [0.15, 0.2) is 41.3 Å². The smallest absolute Gasteiger partial charge is 0.289 e. The van der Waals surface area contributed by atoms with Gasteiger partial charge >= 0.3 is 0 Å². The van der Waals surface area contributed by atoms with E-state index in [1.54, 1.807) is 0 Å². The standard InChI is InChI=1S/C15H17ClN2O2/c1-3-12(11-8-6-5-7-9-11)20-13-10-17-18(4-2)15(19)14(13)16/h5-10,12H,3-4H2,1-2H3. The zero-order valence-corrected chi connectivity index (χ0v) is 12.3. The summed E-state index contributed by atoms with van der Waals surface area (Å²) in [5, 5.41) is 4.11. The largest absolute Gasteiger partial charge is 0.482 e. The second kappa shape index (κ2) is 6.57. The summed E-state index contributed by atoms with van der Waals surface area (Å²) < 4.78 is 7.16. The number of rotatable bonds is 5. The van der Waals surface area contributed by atoms with Crippen LogP contribution in [-0.4, -0.2) is 9.78 Å². The quantitative estimate of drug-likeness (QED) is 0.848. The Labute approximate surface area is 123 Å². The molecule has 2 rings (SSSR count). The van der Waals surface area contributed by atoms with E-state index in [2.05, 4.69) is 5.10 Å². The molecule has 0 spiro atoms. The molecule has 5 heteroatoms. The Morgan fingerprint density at radius 3 is 2.60 bits per heavy atom. The van der Waals surface area contributed by atoms with Crippen LogP contribution in [0.25, 0.3) is 0 Å². The fourth-order valence-electron chi connectivity index (χ4n) is 1.97. The van der Waals surface area contributed by atoms with Crippen LogP contribution in [0, 0.1) is 0 Å². The summed E-state index contributed by atoms with van der Waals surface area (Å²) in [6.07, 6.45) is 2.13. The Balaban J connectivity index is 2.29. The summed E-state index contributed by atoms with van der Waals surface area (Å²) in [5.74, 6) is 0.331. The van der Waals surface area contributed by atoms with Crippen LogP contribution in [-0.2, 0) is 6.54 Å². The van der Waals surface area contributed by atoms with Crippen molar-refractivity contribution in [2.24, 2.45) is 0 Å². The van der Waals surface area contributed by atoms with Gasteiger partial charge in [-0.2, -0.15) is 5.10 Å². The molecule has 0 saturated carbocycles. The number of nitrogens with zero attached hydrogens (tertiary/aromatic N) is 2. The molecule has 1 aromatic heterocycles. The highest BCUT2D eigenvalue weighted by Crippen LogP contribution is 2.27. The zero-order chi connectivity index (χ0) is 14.5. The van der Waals surface area contributed by atoms with Crippen molar-refractivity contribution in [2.45, 2.75) is 32.9 Å². The van der Waals surface area contributed by atoms with Crippen LogP contribution >= 0.6 is 11.6 Å². The Kier molecular flexibility index (Phi) is 4.79. The van der Waals surface area contributed by atoms with E-state index in [-0.39, 0.29) is 16.7 Å². The van der Waals surface area contributed by atoms with Crippen molar-refractivity contribution in [3.8, 4) is 5.75 Å². The molecule has 106 valence electrons. The molecule has 0 amide bonds. The Morgan fingerprint density at radius 2 is 2.00 bits per heavy atom. The van der Waals surface area contributed by atoms with Gasteiger partial charge in [0.2, 0.25) is 0 Å². The third-order valence-corrected chi connectivity index (χ3v) is 3.41. The van der Waals surface area contributed by atoms with Crippen molar-refractivity contribution >= 4 is 11.6 Å². The lowest BCUT2D eigenvalue weighted by Gasteiger charge is -2.18. The first-order chi connectivity index (χ1) is 9.67. The molecule has 4 nitrogen and oxygen atoms in total. The van der Waals surface area contributed by atoms with Gasteiger partial charge in [0.15, 0.2) is 10.8 Å². The molecule has 0 saturated heterocycles. The summed E-state index contributed by atoms with van der Waals surface area (Å²) in [4.78, 5) is 11.9. The van der Waals surface area contributed by atoms with Gasteiger partial charge in [0.25, 0.3) is 5.56 Å². The summed E-state index contributed by atoms with van der Waals surface area (Å²) >= 11 is 6.07. The molecule has 0 fully saturated rings. The third-order valence-electron chi connectivity index (χ3n) is 3.06. The van der Waals surface area contributed by atoms with Gasteiger partial charge in [0.1, 0.15) is 6.10 Å². The lowest BCUT2D eigenvalue weighted by molar-refractivity contribution is 0.199. The Hall–Kier alpha value is -1.81. The average Bonchev–Trinajstić information content (AvgIpc) is 2.50. The van der Waals surface area contributed by atoms with Crippen LogP contribution in [0.1, 0.15) is 31.9 Å². The van der Waals surface area contributed by atoms with Crippen molar-refractivity contribution in [3.63, 3.8) is 0 Å². The normalized spacial score (nSPS) is 12.2. The van der Waals surface area contributed by atoms with Gasteiger partial charge in [0, 0.05) is 6.54 Å². The average molecular weight is 293 g/mol. The van der Waals surface area contributed by atoms with Gasteiger partial charge in [-0.05, 0) is 18.9 Å². The highest BCUT2D eigenvalue weighted by atomic mass is 35.5. The maximum absolute atomic E-state index is 11.9. The zero-order valence-electron chi connectivity index (χ0n) is 11.5. The molecule has 0 aliphatic carbocycles. The number of aromatic nitrogens is 2. The van der Waals surface area contributed by atoms with Gasteiger partial charge < -0.3 is 4.74 Å². The number of halogens is 1. The molecule has 2 aromatic rings. The van der Waals surface area contributed by atoms with Crippen LogP contribution < -0.4 is 10.3 Å². The van der Waals surface area contributed by atoms with E-state index in [1.807, 2.05) is 44.2 Å². The van der Waals surface area contributed by atoms with Crippen molar-refractivity contribution in [1.29, 1.82) is 0 Å². The third kappa shape index (κ3) is 3.02. The van der Waals surface area contributed by atoms with Crippen molar-refractivity contribution in [1.82, 2.24) is 9.78 Å². The van der Waals surface area contributed by atoms with E-state index >= 15 is 0 Å². The predicted octanol–water partition coefficient (Wildman–Crippen LogP) is 3.45. The minimum absolute atomic E-state index is 0.0798. The molecule has 0 aliphatic rings. The van der Waals surface area contributed by atoms with Gasteiger partial charge in [-0.1, -0.05) is 48.9 Å². The van der Waals surface area contributed by atoms with E-state index in [4.69, 9.17) is 16.3 Å². The molecular formula is C15H17ClN2O2. The molecular weight excluding hydrogens is 276 g/mol. The predicted molar refractivity (Wildman–Crippen MR) is 79.3 cm³/mol. The fourth-order valence-corrected chi connectivity index (χ4v) is 2.16. The van der Waals surface area contributed by atoms with Crippen LogP contribution in [0.5, 0.6) is 5.75 Å². The Bertz CT molecular complexity index is 626. The van der Waals surface area contributed by atoms with E-state index in [0.29, 0.717) is 12.3 Å². The number of hydrogen-bond donors (Lipinski definition) is 0. The second-order valence-corrected chi connectivity index (χ2v) is 4.75. The molecule has 1 unspecified atom stereocenters. The monoisotopic (exact) mass is 292 g/mol. The van der Waals surface area contributed by atoms with Crippen molar-refractivity contribution < 1.29 is 4.74 Å². The first kappa shape index (κ1) is 14.6. The molecule has 1 atom stereocenters. The Morgan fingerprint density at radius 1 is 1.30 bits per heavy atom. The first-order valence-corrected chi connectivity index (χ1v) is 7.02. The molecule has 1 aromatic carbocycles. The molecule has 0 N–H and O–H groups in total. The summed E-state index contributed by atoms with van der Waals surface area (Å²) in [6, 6.07) is 9.84. The van der Waals surface area contributed by atoms with Gasteiger partial charge in [-0.3, -0.25) is 4.79 Å². The van der Waals surface area contributed by atoms with Gasteiger partial charge in [0.05, 0.1) is 6.20 Å². The van der Waals surface area contributed by atoms with E-state index < -0.39 is 0 Å². The topological polar surface area (TPSA) is 44.1 Å². The maximum atomic E-state index is 11.9. The molecule has 0 aliphatic heterocycles.